The van der Waals surface area contributed by atoms with Crippen molar-refractivity contribution in [3.8, 4) is 11.5 Å². The van der Waals surface area contributed by atoms with E-state index in [4.69, 9.17) is 9.47 Å². The number of rotatable bonds is 5. The maximum absolute atomic E-state index is 13.3. The number of methoxy groups -OCH3 is 2. The van der Waals surface area contributed by atoms with E-state index in [1.807, 2.05) is 18.3 Å². The predicted octanol–water partition coefficient (Wildman–Crippen LogP) is 2.84. The maximum Gasteiger partial charge on any atom is 0.254 e. The molecule has 0 spiro atoms. The highest BCUT2D eigenvalue weighted by molar-refractivity contribution is 5.95. The largest absolute Gasteiger partial charge is 0.497 e. The van der Waals surface area contributed by atoms with Crippen molar-refractivity contribution in [1.82, 2.24) is 14.8 Å². The predicted molar refractivity (Wildman–Crippen MR) is 107 cm³/mol. The van der Waals surface area contributed by atoms with Crippen molar-refractivity contribution in [1.29, 1.82) is 0 Å². The van der Waals surface area contributed by atoms with Gasteiger partial charge in [-0.2, -0.15) is 0 Å². The number of pyridine rings is 1. The lowest BCUT2D eigenvalue weighted by atomic mass is 9.94. The van der Waals surface area contributed by atoms with Crippen molar-refractivity contribution in [2.24, 2.45) is 5.92 Å². The van der Waals surface area contributed by atoms with Crippen LogP contribution in [0.2, 0.25) is 0 Å². The second kappa shape index (κ2) is 8.19. The molecular weight excluding hydrogens is 354 g/mol. The summed E-state index contributed by atoms with van der Waals surface area (Å²) in [5.41, 5.74) is 1.71. The van der Waals surface area contributed by atoms with Gasteiger partial charge in [-0.05, 0) is 43.0 Å². The molecule has 148 valence electrons. The van der Waals surface area contributed by atoms with Gasteiger partial charge in [0.1, 0.15) is 11.5 Å². The number of aromatic nitrogens is 1. The molecule has 1 aromatic heterocycles. The van der Waals surface area contributed by atoms with Crippen LogP contribution in [-0.4, -0.2) is 60.6 Å². The van der Waals surface area contributed by atoms with E-state index >= 15 is 0 Å². The molecule has 3 saturated heterocycles. The Bertz CT molecular complexity index is 805. The van der Waals surface area contributed by atoms with Gasteiger partial charge in [-0.3, -0.25) is 14.7 Å². The Balaban J connectivity index is 1.52. The number of hydrogen-bond acceptors (Lipinski definition) is 5. The summed E-state index contributed by atoms with van der Waals surface area (Å²) in [5.74, 6) is 1.84. The van der Waals surface area contributed by atoms with Crippen molar-refractivity contribution in [3.63, 3.8) is 0 Å². The minimum atomic E-state index is 0.0617. The summed E-state index contributed by atoms with van der Waals surface area (Å²) < 4.78 is 10.7. The quantitative estimate of drug-likeness (QED) is 0.797. The summed E-state index contributed by atoms with van der Waals surface area (Å²) in [5, 5.41) is 0. The average Bonchev–Trinajstić information content (AvgIpc) is 3.04. The SMILES string of the molecule is COc1cc(OC)cc(C(=O)N2C[C@@H]3CC[C@H]2CN(Cc2ccccn2)C3)c1. The van der Waals surface area contributed by atoms with Crippen LogP contribution in [0, 0.1) is 5.92 Å². The summed E-state index contributed by atoms with van der Waals surface area (Å²) in [4.78, 5) is 22.3. The van der Waals surface area contributed by atoms with E-state index in [9.17, 15) is 4.79 Å². The van der Waals surface area contributed by atoms with Gasteiger partial charge in [0.25, 0.3) is 5.91 Å². The minimum Gasteiger partial charge on any atom is -0.497 e. The van der Waals surface area contributed by atoms with Crippen molar-refractivity contribution in [3.05, 3.63) is 53.9 Å². The number of hydrogen-bond donors (Lipinski definition) is 0. The minimum absolute atomic E-state index is 0.0617. The van der Waals surface area contributed by atoms with E-state index in [0.29, 0.717) is 23.0 Å². The molecule has 2 bridgehead atoms. The Kier molecular flexibility index (Phi) is 5.48. The van der Waals surface area contributed by atoms with E-state index in [0.717, 1.165) is 38.3 Å². The van der Waals surface area contributed by atoms with E-state index in [-0.39, 0.29) is 11.9 Å². The standard InChI is InChI=1S/C22H27N3O3/c1-27-20-9-17(10-21(11-20)28-2)22(26)25-13-16-6-7-19(25)15-24(12-16)14-18-5-3-4-8-23-18/h3-5,8-11,16,19H,6-7,12-15H2,1-2H3/t16-,19+/m1/s1. The molecule has 2 atom stereocenters. The second-order valence-corrected chi connectivity index (χ2v) is 7.67. The van der Waals surface area contributed by atoms with Crippen LogP contribution < -0.4 is 9.47 Å². The zero-order valence-corrected chi connectivity index (χ0v) is 16.5. The van der Waals surface area contributed by atoms with E-state index in [2.05, 4.69) is 20.9 Å². The first kappa shape index (κ1) is 18.7. The van der Waals surface area contributed by atoms with Crippen molar-refractivity contribution in [2.45, 2.75) is 25.4 Å². The van der Waals surface area contributed by atoms with Gasteiger partial charge in [0.2, 0.25) is 0 Å². The molecule has 6 heteroatoms. The van der Waals surface area contributed by atoms with Crippen LogP contribution in [0.25, 0.3) is 0 Å². The van der Waals surface area contributed by atoms with E-state index in [1.54, 1.807) is 32.4 Å². The van der Waals surface area contributed by atoms with Crippen LogP contribution in [0.3, 0.4) is 0 Å². The van der Waals surface area contributed by atoms with Gasteiger partial charge in [0, 0.05) is 50.0 Å². The number of amides is 1. The molecule has 3 fully saturated rings. The number of nitrogens with zero attached hydrogens (tertiary/aromatic N) is 3. The molecule has 0 aliphatic carbocycles. The molecule has 0 saturated carbocycles. The lowest BCUT2D eigenvalue weighted by Crippen LogP contribution is -2.47. The topological polar surface area (TPSA) is 54.9 Å². The second-order valence-electron chi connectivity index (χ2n) is 7.67. The van der Waals surface area contributed by atoms with Crippen LogP contribution >= 0.6 is 0 Å². The Morgan fingerprint density at radius 3 is 2.54 bits per heavy atom. The van der Waals surface area contributed by atoms with Gasteiger partial charge in [-0.15, -0.1) is 0 Å². The summed E-state index contributed by atoms with van der Waals surface area (Å²) in [6.45, 7) is 3.54. The van der Waals surface area contributed by atoms with Gasteiger partial charge in [-0.1, -0.05) is 6.07 Å². The monoisotopic (exact) mass is 381 g/mol. The van der Waals surface area contributed by atoms with Crippen molar-refractivity contribution < 1.29 is 14.3 Å². The Morgan fingerprint density at radius 2 is 1.86 bits per heavy atom. The van der Waals surface area contributed by atoms with Crippen LogP contribution in [0.1, 0.15) is 28.9 Å². The lowest BCUT2D eigenvalue weighted by molar-refractivity contribution is 0.0584. The molecule has 2 aromatic rings. The van der Waals surface area contributed by atoms with Gasteiger partial charge < -0.3 is 14.4 Å². The normalized spacial score (nSPS) is 22.0. The molecule has 0 unspecified atom stereocenters. The van der Waals surface area contributed by atoms with E-state index < -0.39 is 0 Å². The lowest BCUT2D eigenvalue weighted by Gasteiger charge is -2.36. The number of piperidine rings is 1. The first-order valence-electron chi connectivity index (χ1n) is 9.82. The number of carbonyl (C=O) groups is 1. The highest BCUT2D eigenvalue weighted by Crippen LogP contribution is 2.31. The molecular formula is C22H27N3O3. The molecule has 5 rings (SSSR count). The fourth-order valence-corrected chi connectivity index (χ4v) is 4.37. The summed E-state index contributed by atoms with van der Waals surface area (Å²) in [6, 6.07) is 11.7. The molecule has 3 aliphatic heterocycles. The summed E-state index contributed by atoms with van der Waals surface area (Å²) in [7, 11) is 3.21. The molecule has 28 heavy (non-hydrogen) atoms. The highest BCUT2D eigenvalue weighted by Gasteiger charge is 2.37. The fourth-order valence-electron chi connectivity index (χ4n) is 4.37. The fraction of sp³-hybridized carbons (Fsp3) is 0.455. The first-order valence-corrected chi connectivity index (χ1v) is 9.82. The first-order chi connectivity index (χ1) is 13.7. The van der Waals surface area contributed by atoms with Crippen LogP contribution in [-0.2, 0) is 6.54 Å². The number of carbonyl (C=O) groups excluding carboxylic acids is 1. The van der Waals surface area contributed by atoms with Crippen LogP contribution in [0.15, 0.2) is 42.6 Å². The smallest absolute Gasteiger partial charge is 0.254 e. The molecule has 0 radical (unpaired) electrons. The number of fused-ring (bicyclic) bond motifs is 4. The van der Waals surface area contributed by atoms with Gasteiger partial charge in [-0.25, -0.2) is 0 Å². The molecule has 1 aromatic carbocycles. The number of ether oxygens (including phenoxy) is 2. The molecule has 3 aliphatic rings. The third-order valence-corrected chi connectivity index (χ3v) is 5.76. The van der Waals surface area contributed by atoms with E-state index in [1.165, 1.54) is 6.42 Å². The van der Waals surface area contributed by atoms with Gasteiger partial charge in [0.05, 0.1) is 19.9 Å². The highest BCUT2D eigenvalue weighted by atomic mass is 16.5. The average molecular weight is 381 g/mol. The Labute approximate surface area is 166 Å². The van der Waals surface area contributed by atoms with Crippen molar-refractivity contribution in [2.75, 3.05) is 33.9 Å². The Morgan fingerprint density at radius 1 is 1.07 bits per heavy atom. The molecule has 4 heterocycles. The maximum atomic E-state index is 13.3. The van der Waals surface area contributed by atoms with Gasteiger partial charge >= 0.3 is 0 Å². The zero-order chi connectivity index (χ0) is 19.5. The third kappa shape index (κ3) is 3.97. The molecule has 1 amide bonds. The van der Waals surface area contributed by atoms with Crippen LogP contribution in [0.5, 0.6) is 11.5 Å². The molecule has 0 N–H and O–H groups in total. The summed E-state index contributed by atoms with van der Waals surface area (Å²) >= 11 is 0. The summed E-state index contributed by atoms with van der Waals surface area (Å²) in [6.07, 6.45) is 4.07. The Hall–Kier alpha value is -2.60. The van der Waals surface area contributed by atoms with Gasteiger partial charge in [0.15, 0.2) is 0 Å². The zero-order valence-electron chi connectivity index (χ0n) is 16.5. The van der Waals surface area contributed by atoms with Crippen molar-refractivity contribution >= 4 is 5.91 Å². The third-order valence-electron chi connectivity index (χ3n) is 5.76. The molecule has 6 nitrogen and oxygen atoms in total. The van der Waals surface area contributed by atoms with Crippen LogP contribution in [0.4, 0.5) is 0 Å². The number of benzene rings is 1.